The van der Waals surface area contributed by atoms with Crippen molar-refractivity contribution in [2.45, 2.75) is 26.8 Å². The van der Waals surface area contributed by atoms with Crippen molar-refractivity contribution in [2.24, 2.45) is 0 Å². The lowest BCUT2D eigenvalue weighted by molar-refractivity contribution is 0.0526. The number of aryl methyl sites for hydroxylation is 1. The molecule has 8 heteroatoms. The number of rotatable bonds is 5. The molecule has 21 heavy (non-hydrogen) atoms. The quantitative estimate of drug-likeness (QED) is 0.850. The summed E-state index contributed by atoms with van der Waals surface area (Å²) in [6.07, 6.45) is 1.58. The minimum absolute atomic E-state index is 0.154. The van der Waals surface area contributed by atoms with E-state index >= 15 is 0 Å². The number of oxazole rings is 1. The Morgan fingerprint density at radius 3 is 2.90 bits per heavy atom. The van der Waals surface area contributed by atoms with E-state index in [1.54, 1.807) is 27.0 Å². The Morgan fingerprint density at radius 2 is 2.29 bits per heavy atom. The highest BCUT2D eigenvalue weighted by molar-refractivity contribution is 7.11. The summed E-state index contributed by atoms with van der Waals surface area (Å²) in [5, 5.41) is 4.37. The standard InChI is InChI=1S/C13H15N3O4S/c1-4-19-13(18)12-16-9(6-21-12)10(17)15-8(3)11-14-5-7(2)20-11/h5-6,8H,4H2,1-3H3,(H,15,17). The number of nitrogens with one attached hydrogen (secondary N) is 1. The molecule has 0 aliphatic rings. The number of hydrogen-bond donors (Lipinski definition) is 1. The Hall–Kier alpha value is -2.22. The van der Waals surface area contributed by atoms with E-state index < -0.39 is 11.9 Å². The monoisotopic (exact) mass is 309 g/mol. The molecule has 1 N–H and O–H groups in total. The Balaban J connectivity index is 2.02. The molecular weight excluding hydrogens is 294 g/mol. The van der Waals surface area contributed by atoms with Gasteiger partial charge in [-0.15, -0.1) is 11.3 Å². The van der Waals surface area contributed by atoms with Crippen LogP contribution in [0.15, 0.2) is 16.0 Å². The van der Waals surface area contributed by atoms with Crippen LogP contribution in [0.5, 0.6) is 0 Å². The predicted octanol–water partition coefficient (Wildman–Crippen LogP) is 2.11. The van der Waals surface area contributed by atoms with E-state index in [1.807, 2.05) is 0 Å². The maximum atomic E-state index is 12.0. The molecule has 0 saturated carbocycles. The summed E-state index contributed by atoms with van der Waals surface area (Å²) in [6.45, 7) is 5.50. The van der Waals surface area contributed by atoms with E-state index in [1.165, 1.54) is 5.38 Å². The highest BCUT2D eigenvalue weighted by Crippen LogP contribution is 2.15. The van der Waals surface area contributed by atoms with Gasteiger partial charge in [-0.3, -0.25) is 4.79 Å². The van der Waals surface area contributed by atoms with Gasteiger partial charge >= 0.3 is 5.97 Å². The SMILES string of the molecule is CCOC(=O)c1nc(C(=O)NC(C)c2ncc(C)o2)cs1. The maximum absolute atomic E-state index is 12.0. The molecule has 0 saturated heterocycles. The van der Waals surface area contributed by atoms with Crippen LogP contribution in [0, 0.1) is 6.92 Å². The van der Waals surface area contributed by atoms with Gasteiger partial charge in [-0.1, -0.05) is 0 Å². The molecule has 1 amide bonds. The minimum atomic E-state index is -0.530. The van der Waals surface area contributed by atoms with Crippen molar-refractivity contribution in [3.8, 4) is 0 Å². The van der Waals surface area contributed by atoms with Crippen LogP contribution in [0.2, 0.25) is 0 Å². The van der Waals surface area contributed by atoms with E-state index in [0.29, 0.717) is 11.7 Å². The van der Waals surface area contributed by atoms with Gasteiger partial charge in [-0.05, 0) is 20.8 Å². The highest BCUT2D eigenvalue weighted by atomic mass is 32.1. The molecule has 2 heterocycles. The van der Waals surface area contributed by atoms with Crippen molar-refractivity contribution in [3.63, 3.8) is 0 Å². The number of hydrogen-bond acceptors (Lipinski definition) is 7. The summed E-state index contributed by atoms with van der Waals surface area (Å²) in [6, 6.07) is -0.390. The first-order chi connectivity index (χ1) is 10.0. The van der Waals surface area contributed by atoms with Crippen LogP contribution >= 0.6 is 11.3 Å². The third-order valence-electron chi connectivity index (χ3n) is 2.54. The molecule has 0 bridgehead atoms. The van der Waals surface area contributed by atoms with Gasteiger partial charge in [0.05, 0.1) is 12.8 Å². The van der Waals surface area contributed by atoms with Crippen molar-refractivity contribution < 1.29 is 18.7 Å². The largest absolute Gasteiger partial charge is 0.461 e. The molecule has 0 fully saturated rings. The summed E-state index contributed by atoms with van der Waals surface area (Å²) in [5.74, 6) is 0.161. The van der Waals surface area contributed by atoms with Crippen LogP contribution in [0.4, 0.5) is 0 Å². The first-order valence-electron chi connectivity index (χ1n) is 6.37. The Labute approximate surface area is 125 Å². The number of thiazole rings is 1. The number of carbonyl (C=O) groups excluding carboxylic acids is 2. The third-order valence-corrected chi connectivity index (χ3v) is 3.37. The van der Waals surface area contributed by atoms with Gasteiger partial charge in [-0.2, -0.15) is 0 Å². The Morgan fingerprint density at radius 1 is 1.52 bits per heavy atom. The van der Waals surface area contributed by atoms with Crippen LogP contribution in [0.3, 0.4) is 0 Å². The van der Waals surface area contributed by atoms with E-state index in [0.717, 1.165) is 11.3 Å². The lowest BCUT2D eigenvalue weighted by Gasteiger charge is -2.08. The molecule has 2 aromatic rings. The molecule has 0 spiro atoms. The van der Waals surface area contributed by atoms with Gasteiger partial charge in [0.1, 0.15) is 17.5 Å². The zero-order valence-electron chi connectivity index (χ0n) is 11.9. The lowest BCUT2D eigenvalue weighted by Crippen LogP contribution is -2.27. The second-order valence-corrected chi connectivity index (χ2v) is 5.12. The number of aromatic nitrogens is 2. The second-order valence-electron chi connectivity index (χ2n) is 4.26. The van der Waals surface area contributed by atoms with E-state index in [2.05, 4.69) is 15.3 Å². The van der Waals surface area contributed by atoms with E-state index in [9.17, 15) is 9.59 Å². The van der Waals surface area contributed by atoms with Gasteiger partial charge in [-0.25, -0.2) is 14.8 Å². The molecule has 0 aliphatic carbocycles. The maximum Gasteiger partial charge on any atom is 0.367 e. The van der Waals surface area contributed by atoms with Crippen LogP contribution in [-0.2, 0) is 4.74 Å². The molecule has 0 radical (unpaired) electrons. The van der Waals surface area contributed by atoms with Crippen LogP contribution < -0.4 is 5.32 Å². The smallest absolute Gasteiger partial charge is 0.367 e. The van der Waals surface area contributed by atoms with Crippen LogP contribution in [-0.4, -0.2) is 28.5 Å². The van der Waals surface area contributed by atoms with Gasteiger partial charge in [0.2, 0.25) is 10.9 Å². The van der Waals surface area contributed by atoms with Crippen molar-refractivity contribution in [1.82, 2.24) is 15.3 Å². The number of ether oxygens (including phenoxy) is 1. The lowest BCUT2D eigenvalue weighted by atomic mass is 10.3. The topological polar surface area (TPSA) is 94.3 Å². The van der Waals surface area contributed by atoms with E-state index in [-0.39, 0.29) is 23.4 Å². The predicted molar refractivity (Wildman–Crippen MR) is 75.2 cm³/mol. The molecule has 0 aromatic carbocycles. The number of esters is 1. The number of amides is 1. The van der Waals surface area contributed by atoms with Gasteiger partial charge in [0.15, 0.2) is 0 Å². The number of carbonyl (C=O) groups is 2. The fraction of sp³-hybridized carbons (Fsp3) is 0.385. The Bertz CT molecular complexity index is 649. The summed E-state index contributed by atoms with van der Waals surface area (Å²) >= 11 is 1.07. The molecule has 1 unspecified atom stereocenters. The molecule has 7 nitrogen and oxygen atoms in total. The fourth-order valence-electron chi connectivity index (χ4n) is 1.57. The van der Waals surface area contributed by atoms with Gasteiger partial charge < -0.3 is 14.5 Å². The molecule has 2 aromatic heterocycles. The molecule has 1 atom stereocenters. The van der Waals surface area contributed by atoms with Crippen molar-refractivity contribution >= 4 is 23.2 Å². The molecule has 2 rings (SSSR count). The molecule has 112 valence electrons. The zero-order chi connectivity index (χ0) is 15.4. The third kappa shape index (κ3) is 3.66. The van der Waals surface area contributed by atoms with E-state index in [4.69, 9.17) is 9.15 Å². The summed E-state index contributed by atoms with van der Waals surface area (Å²) in [4.78, 5) is 31.5. The zero-order valence-corrected chi connectivity index (χ0v) is 12.7. The summed E-state index contributed by atoms with van der Waals surface area (Å²) in [7, 11) is 0. The Kier molecular flexibility index (Phi) is 4.69. The second kappa shape index (κ2) is 6.49. The molecule has 0 aliphatic heterocycles. The van der Waals surface area contributed by atoms with Crippen LogP contribution in [0.25, 0.3) is 0 Å². The summed E-state index contributed by atoms with van der Waals surface area (Å²) in [5.41, 5.74) is 0.165. The normalized spacial score (nSPS) is 12.0. The highest BCUT2D eigenvalue weighted by Gasteiger charge is 2.19. The van der Waals surface area contributed by atoms with Gasteiger partial charge in [0, 0.05) is 5.38 Å². The average molecular weight is 309 g/mol. The summed E-state index contributed by atoms with van der Waals surface area (Å²) < 4.78 is 10.2. The first-order valence-corrected chi connectivity index (χ1v) is 7.25. The van der Waals surface area contributed by atoms with Crippen molar-refractivity contribution in [2.75, 3.05) is 6.61 Å². The van der Waals surface area contributed by atoms with Crippen molar-refractivity contribution in [1.29, 1.82) is 0 Å². The van der Waals surface area contributed by atoms with Crippen LogP contribution in [0.1, 0.15) is 51.8 Å². The number of nitrogens with zero attached hydrogens (tertiary/aromatic N) is 2. The van der Waals surface area contributed by atoms with Crippen molar-refractivity contribution in [3.05, 3.63) is 33.9 Å². The minimum Gasteiger partial charge on any atom is -0.461 e. The fourth-order valence-corrected chi connectivity index (χ4v) is 2.26. The first kappa shape index (κ1) is 15.2. The average Bonchev–Trinajstić information content (AvgIpc) is 3.07. The molecular formula is C13H15N3O4S. The van der Waals surface area contributed by atoms with Gasteiger partial charge in [0.25, 0.3) is 5.91 Å².